The lowest BCUT2D eigenvalue weighted by Gasteiger charge is -2.37. The number of alkyl halides is 1. The molecule has 0 saturated heterocycles. The zero-order chi connectivity index (χ0) is 25.0. The molecule has 2 unspecified atom stereocenters. The largest absolute Gasteiger partial charge is 0.493 e. The predicted molar refractivity (Wildman–Crippen MR) is 128 cm³/mol. The highest BCUT2D eigenvalue weighted by atomic mass is 35.5. The molecule has 0 aromatic carbocycles. The fourth-order valence-corrected chi connectivity index (χ4v) is 4.56. The first-order valence-corrected chi connectivity index (χ1v) is 11.3. The van der Waals surface area contributed by atoms with Gasteiger partial charge in [0.05, 0.1) is 40.3 Å². The van der Waals surface area contributed by atoms with E-state index in [0.717, 1.165) is 12.8 Å². The second-order valence-electron chi connectivity index (χ2n) is 8.66. The number of ether oxygens (including phenoxy) is 1. The van der Waals surface area contributed by atoms with Gasteiger partial charge in [0.15, 0.2) is 4.87 Å². The SMILES string of the molecule is C=Cc1nc(C2(Cl)C=C(OC3CC3)C(C)(C#N)C(c3ccn[nH]3)=C2F)cc2c(CN)n[nH]c(=O)c12. The first kappa shape index (κ1) is 23.0. The second kappa shape index (κ2) is 8.15. The molecule has 178 valence electrons. The summed E-state index contributed by atoms with van der Waals surface area (Å²) in [6.45, 7) is 5.34. The van der Waals surface area contributed by atoms with Crippen LogP contribution in [0, 0.1) is 16.7 Å². The fourth-order valence-electron chi connectivity index (χ4n) is 4.27. The van der Waals surface area contributed by atoms with Gasteiger partial charge < -0.3 is 10.5 Å². The lowest BCUT2D eigenvalue weighted by atomic mass is 9.72. The lowest BCUT2D eigenvalue weighted by Crippen LogP contribution is -2.34. The lowest BCUT2D eigenvalue weighted by molar-refractivity contribution is 0.157. The summed E-state index contributed by atoms with van der Waals surface area (Å²) in [6, 6.07) is 5.24. The smallest absolute Gasteiger partial charge is 0.274 e. The summed E-state index contributed by atoms with van der Waals surface area (Å²) in [5, 5.41) is 23.8. The Morgan fingerprint density at radius 2 is 2.23 bits per heavy atom. The quantitative estimate of drug-likeness (QED) is 0.445. The van der Waals surface area contributed by atoms with Gasteiger partial charge in [0.25, 0.3) is 5.56 Å². The van der Waals surface area contributed by atoms with Gasteiger partial charge >= 0.3 is 0 Å². The number of nitriles is 1. The van der Waals surface area contributed by atoms with E-state index < -0.39 is 21.7 Å². The minimum Gasteiger partial charge on any atom is -0.493 e. The molecule has 9 nitrogen and oxygen atoms in total. The molecule has 35 heavy (non-hydrogen) atoms. The molecule has 0 bridgehead atoms. The summed E-state index contributed by atoms with van der Waals surface area (Å²) >= 11 is 7.04. The summed E-state index contributed by atoms with van der Waals surface area (Å²) in [5.41, 5.74) is 4.79. The van der Waals surface area contributed by atoms with E-state index in [1.165, 1.54) is 24.4 Å². The van der Waals surface area contributed by atoms with Crippen LogP contribution >= 0.6 is 11.6 Å². The van der Waals surface area contributed by atoms with Crippen molar-refractivity contribution in [3.8, 4) is 6.07 Å². The number of aromatic amines is 2. The topological polar surface area (TPSA) is 146 Å². The van der Waals surface area contributed by atoms with Crippen LogP contribution in [0.25, 0.3) is 22.4 Å². The van der Waals surface area contributed by atoms with Gasteiger partial charge in [-0.15, -0.1) is 0 Å². The van der Waals surface area contributed by atoms with Crippen LogP contribution in [-0.2, 0) is 16.2 Å². The van der Waals surface area contributed by atoms with Crippen LogP contribution in [0.4, 0.5) is 4.39 Å². The molecule has 0 radical (unpaired) electrons. The predicted octanol–water partition coefficient (Wildman–Crippen LogP) is 3.56. The summed E-state index contributed by atoms with van der Waals surface area (Å²) in [7, 11) is 0. The third-order valence-corrected chi connectivity index (χ3v) is 6.78. The molecular formula is C24H21ClFN7O2. The molecule has 0 aliphatic heterocycles. The number of hydrogen-bond donors (Lipinski definition) is 3. The van der Waals surface area contributed by atoms with E-state index in [2.05, 4.69) is 38.0 Å². The van der Waals surface area contributed by atoms with Gasteiger partial charge in [0.1, 0.15) is 17.0 Å². The number of H-pyrrole nitrogens is 2. The van der Waals surface area contributed by atoms with Crippen LogP contribution in [0.5, 0.6) is 0 Å². The van der Waals surface area contributed by atoms with E-state index in [0.29, 0.717) is 11.1 Å². The standard InChI is InChI=1S/C24H21ClFN7O2/c1-3-14-19-13(16(10-27)32-33-22(19)34)8-17(30-14)24(25)9-18(35-12-4-5-12)23(2,11-28)20(21(24)26)15-6-7-29-31-15/h3,6-9,12H,1,4-5,10,27H2,2H3,(H,29,31)(H,33,34). The molecule has 0 amide bonds. The van der Waals surface area contributed by atoms with Gasteiger partial charge in [0, 0.05) is 23.7 Å². The number of nitrogens with two attached hydrogens (primary N) is 1. The Balaban J connectivity index is 1.84. The second-order valence-corrected chi connectivity index (χ2v) is 9.25. The molecule has 3 aromatic rings. The summed E-state index contributed by atoms with van der Waals surface area (Å²) in [4.78, 5) is 15.1. The number of nitrogens with zero attached hydrogens (tertiary/aromatic N) is 4. The van der Waals surface area contributed by atoms with Gasteiger partial charge in [-0.2, -0.15) is 15.5 Å². The molecule has 5 rings (SSSR count). The molecule has 1 saturated carbocycles. The van der Waals surface area contributed by atoms with Gasteiger partial charge in [-0.05, 0) is 44.1 Å². The van der Waals surface area contributed by atoms with Gasteiger partial charge in [-0.25, -0.2) is 14.5 Å². The van der Waals surface area contributed by atoms with E-state index in [4.69, 9.17) is 22.1 Å². The first-order chi connectivity index (χ1) is 16.8. The van der Waals surface area contributed by atoms with Gasteiger partial charge in [-0.1, -0.05) is 18.2 Å². The van der Waals surface area contributed by atoms with Crippen LogP contribution in [0.3, 0.4) is 0 Å². The van der Waals surface area contributed by atoms with Crippen LogP contribution in [0.15, 0.2) is 47.4 Å². The minimum absolute atomic E-state index is 0.00391. The number of aromatic nitrogens is 5. The van der Waals surface area contributed by atoms with Crippen LogP contribution in [0.2, 0.25) is 0 Å². The summed E-state index contributed by atoms with van der Waals surface area (Å²) in [6.07, 6.45) is 5.78. The normalized spacial score (nSPS) is 24.3. The molecule has 4 N–H and O–H groups in total. The van der Waals surface area contributed by atoms with E-state index >= 15 is 4.39 Å². The van der Waals surface area contributed by atoms with Crippen molar-refractivity contribution >= 4 is 34.0 Å². The number of hydrogen-bond acceptors (Lipinski definition) is 7. The van der Waals surface area contributed by atoms with Crippen molar-refractivity contribution in [2.24, 2.45) is 11.1 Å². The van der Waals surface area contributed by atoms with Crippen molar-refractivity contribution in [1.29, 1.82) is 5.26 Å². The maximum Gasteiger partial charge on any atom is 0.274 e. The highest BCUT2D eigenvalue weighted by Gasteiger charge is 2.52. The van der Waals surface area contributed by atoms with E-state index in [-0.39, 0.29) is 46.4 Å². The van der Waals surface area contributed by atoms with Crippen molar-refractivity contribution in [1.82, 2.24) is 25.4 Å². The number of rotatable bonds is 6. The highest BCUT2D eigenvalue weighted by Crippen LogP contribution is 2.56. The third kappa shape index (κ3) is 3.47. The first-order valence-electron chi connectivity index (χ1n) is 10.9. The molecule has 1 fully saturated rings. The number of allylic oxidation sites excluding steroid dienone is 3. The van der Waals surface area contributed by atoms with Crippen LogP contribution in [0.1, 0.15) is 42.5 Å². The number of halogens is 2. The minimum atomic E-state index is -1.96. The Morgan fingerprint density at radius 1 is 1.46 bits per heavy atom. The number of pyridine rings is 1. The Kier molecular flexibility index (Phi) is 5.34. The van der Waals surface area contributed by atoms with Gasteiger partial charge in [0.2, 0.25) is 0 Å². The van der Waals surface area contributed by atoms with E-state index in [1.807, 2.05) is 0 Å². The van der Waals surface area contributed by atoms with Crippen LogP contribution < -0.4 is 11.3 Å². The maximum absolute atomic E-state index is 16.5. The Morgan fingerprint density at radius 3 is 2.83 bits per heavy atom. The monoisotopic (exact) mass is 493 g/mol. The Bertz CT molecular complexity index is 1520. The van der Waals surface area contributed by atoms with Crippen LogP contribution in [-0.4, -0.2) is 31.5 Å². The molecule has 0 spiro atoms. The van der Waals surface area contributed by atoms with Crippen molar-refractivity contribution in [3.05, 3.63) is 75.7 Å². The molecule has 3 heterocycles. The molecule has 11 heteroatoms. The average Bonchev–Trinajstić information content (AvgIpc) is 3.52. The molecule has 2 atom stereocenters. The number of nitrogens with one attached hydrogen (secondary N) is 2. The zero-order valence-corrected chi connectivity index (χ0v) is 19.5. The maximum atomic E-state index is 16.5. The highest BCUT2D eigenvalue weighted by molar-refractivity contribution is 6.28. The van der Waals surface area contributed by atoms with Crippen molar-refractivity contribution in [3.63, 3.8) is 0 Å². The van der Waals surface area contributed by atoms with Crippen molar-refractivity contribution < 1.29 is 9.13 Å². The fraction of sp³-hybridized carbons (Fsp3) is 0.292. The average molecular weight is 494 g/mol. The van der Waals surface area contributed by atoms with Crippen molar-refractivity contribution in [2.45, 2.75) is 37.3 Å². The summed E-state index contributed by atoms with van der Waals surface area (Å²) in [5.74, 6) is -0.599. The molecule has 3 aromatic heterocycles. The number of fused-ring (bicyclic) bond motifs is 1. The van der Waals surface area contributed by atoms with Gasteiger partial charge in [-0.3, -0.25) is 9.89 Å². The molecule has 2 aliphatic rings. The summed E-state index contributed by atoms with van der Waals surface area (Å²) < 4.78 is 22.6. The zero-order valence-electron chi connectivity index (χ0n) is 18.7. The molecule has 2 aliphatic carbocycles. The Labute approximate surface area is 204 Å². The third-order valence-electron chi connectivity index (χ3n) is 6.31. The van der Waals surface area contributed by atoms with Crippen molar-refractivity contribution in [2.75, 3.05) is 0 Å². The van der Waals surface area contributed by atoms with E-state index in [1.54, 1.807) is 13.0 Å². The Hall–Kier alpha value is -3.81. The van der Waals surface area contributed by atoms with E-state index in [9.17, 15) is 10.1 Å². The molecular weight excluding hydrogens is 473 g/mol.